The Balaban J connectivity index is 1.73. The van der Waals surface area contributed by atoms with Crippen LogP contribution in [-0.2, 0) is 14.8 Å². The van der Waals surface area contributed by atoms with Gasteiger partial charge in [0.25, 0.3) is 5.91 Å². The number of hydrogen-bond acceptors (Lipinski definition) is 4. The molecule has 2 aromatic carbocycles. The molecule has 1 aliphatic rings. The lowest BCUT2D eigenvalue weighted by Gasteiger charge is -2.26. The van der Waals surface area contributed by atoms with Crippen LogP contribution >= 0.6 is 0 Å². The summed E-state index contributed by atoms with van der Waals surface area (Å²) >= 11 is 0. The Labute approximate surface area is 172 Å². The van der Waals surface area contributed by atoms with Gasteiger partial charge in [0.05, 0.1) is 24.2 Å². The van der Waals surface area contributed by atoms with Crippen LogP contribution in [0.5, 0.6) is 0 Å². The predicted molar refractivity (Wildman–Crippen MR) is 112 cm³/mol. The minimum absolute atomic E-state index is 0.0968. The third-order valence-corrected chi connectivity index (χ3v) is 6.85. The first-order chi connectivity index (χ1) is 13.9. The number of amides is 1. The first-order valence-electron chi connectivity index (χ1n) is 9.91. The van der Waals surface area contributed by atoms with Crippen molar-refractivity contribution < 1.29 is 17.9 Å². The third-order valence-electron chi connectivity index (χ3n) is 4.94. The quantitative estimate of drug-likeness (QED) is 0.752. The zero-order chi connectivity index (χ0) is 20.9. The first-order valence-corrected chi connectivity index (χ1v) is 11.4. The molecule has 1 N–H and O–H groups in total. The first kappa shape index (κ1) is 21.5. The number of sulfonamides is 1. The van der Waals surface area contributed by atoms with Gasteiger partial charge in [-0.2, -0.15) is 4.31 Å². The summed E-state index contributed by atoms with van der Waals surface area (Å²) in [5.74, 6) is 0.205. The molecular formula is C22H28N2O4S. The summed E-state index contributed by atoms with van der Waals surface area (Å²) in [7, 11) is -3.56. The van der Waals surface area contributed by atoms with Crippen LogP contribution < -0.4 is 5.32 Å². The fraction of sp³-hybridized carbons (Fsp3) is 0.409. The molecule has 7 heteroatoms. The Kier molecular flexibility index (Phi) is 7.05. The normalized spacial score (nSPS) is 16.5. The molecular weight excluding hydrogens is 388 g/mol. The largest absolute Gasteiger partial charge is 0.379 e. The molecule has 6 nitrogen and oxygen atoms in total. The molecule has 3 rings (SSSR count). The topological polar surface area (TPSA) is 75.7 Å². The number of morpholine rings is 1. The smallest absolute Gasteiger partial charge is 0.251 e. The molecule has 0 aliphatic carbocycles. The van der Waals surface area contributed by atoms with Crippen LogP contribution in [0.1, 0.15) is 42.2 Å². The molecule has 1 atom stereocenters. The maximum Gasteiger partial charge on any atom is 0.251 e. The standard InChI is InChI=1S/C22H28N2O4S/c1-17(2)16-21(18-6-4-3-5-7-18)23-22(25)19-8-10-20(11-9-19)29(26,27)24-12-14-28-15-13-24/h3-11,17,21H,12-16H2,1-2H3,(H,23,25)/t21-/m0/s1. The van der Waals surface area contributed by atoms with Gasteiger partial charge in [-0.25, -0.2) is 8.42 Å². The molecule has 1 heterocycles. The number of rotatable bonds is 7. The average molecular weight is 417 g/mol. The molecule has 1 aliphatic heterocycles. The molecule has 0 aromatic heterocycles. The minimum atomic E-state index is -3.56. The summed E-state index contributed by atoms with van der Waals surface area (Å²) < 4.78 is 32.1. The van der Waals surface area contributed by atoms with Gasteiger partial charge in [-0.15, -0.1) is 0 Å². The SMILES string of the molecule is CC(C)C[C@H](NC(=O)c1ccc(S(=O)(=O)N2CCOCC2)cc1)c1ccccc1. The van der Waals surface area contributed by atoms with Crippen molar-refractivity contribution in [3.8, 4) is 0 Å². The van der Waals surface area contributed by atoms with E-state index >= 15 is 0 Å². The molecule has 1 fully saturated rings. The van der Waals surface area contributed by atoms with Crippen molar-refractivity contribution in [3.63, 3.8) is 0 Å². The molecule has 0 spiro atoms. The Morgan fingerprint density at radius 2 is 1.66 bits per heavy atom. The van der Waals surface area contributed by atoms with Crippen molar-refractivity contribution >= 4 is 15.9 Å². The molecule has 1 saturated heterocycles. The second-order valence-electron chi connectivity index (χ2n) is 7.61. The van der Waals surface area contributed by atoms with E-state index in [4.69, 9.17) is 4.74 Å². The molecule has 0 bridgehead atoms. The number of carbonyl (C=O) groups excluding carboxylic acids is 1. The van der Waals surface area contributed by atoms with Gasteiger partial charge >= 0.3 is 0 Å². The summed E-state index contributed by atoms with van der Waals surface area (Å²) in [4.78, 5) is 13.0. The summed E-state index contributed by atoms with van der Waals surface area (Å²) in [6.07, 6.45) is 0.819. The highest BCUT2D eigenvalue weighted by Gasteiger charge is 2.26. The van der Waals surface area contributed by atoms with E-state index in [0.29, 0.717) is 37.8 Å². The predicted octanol–water partition coefficient (Wildman–Crippen LogP) is 3.22. The van der Waals surface area contributed by atoms with Crippen molar-refractivity contribution in [3.05, 3.63) is 65.7 Å². The van der Waals surface area contributed by atoms with Crippen LogP contribution in [0.3, 0.4) is 0 Å². The van der Waals surface area contributed by atoms with Gasteiger partial charge in [-0.1, -0.05) is 44.2 Å². The fourth-order valence-electron chi connectivity index (χ4n) is 3.39. The zero-order valence-corrected chi connectivity index (χ0v) is 17.7. The molecule has 0 saturated carbocycles. The van der Waals surface area contributed by atoms with E-state index in [2.05, 4.69) is 19.2 Å². The summed E-state index contributed by atoms with van der Waals surface area (Å²) in [6.45, 7) is 5.73. The minimum Gasteiger partial charge on any atom is -0.379 e. The van der Waals surface area contributed by atoms with Gasteiger partial charge in [0.15, 0.2) is 0 Å². The highest BCUT2D eigenvalue weighted by Crippen LogP contribution is 2.22. The average Bonchev–Trinajstić information content (AvgIpc) is 2.74. The van der Waals surface area contributed by atoms with Crippen molar-refractivity contribution in [2.24, 2.45) is 5.92 Å². The van der Waals surface area contributed by atoms with Gasteiger partial charge in [0.1, 0.15) is 0 Å². The van der Waals surface area contributed by atoms with Crippen LogP contribution in [0.25, 0.3) is 0 Å². The van der Waals surface area contributed by atoms with E-state index in [1.165, 1.54) is 16.4 Å². The van der Waals surface area contributed by atoms with Crippen LogP contribution in [0.15, 0.2) is 59.5 Å². The molecule has 0 radical (unpaired) electrons. The van der Waals surface area contributed by atoms with Crippen molar-refractivity contribution in [2.75, 3.05) is 26.3 Å². The lowest BCUT2D eigenvalue weighted by atomic mass is 9.96. The van der Waals surface area contributed by atoms with Gasteiger partial charge < -0.3 is 10.1 Å². The highest BCUT2D eigenvalue weighted by atomic mass is 32.2. The number of nitrogens with zero attached hydrogens (tertiary/aromatic N) is 1. The Morgan fingerprint density at radius 3 is 2.24 bits per heavy atom. The monoisotopic (exact) mass is 416 g/mol. The molecule has 0 unspecified atom stereocenters. The van der Waals surface area contributed by atoms with E-state index in [1.54, 1.807) is 12.1 Å². The third kappa shape index (κ3) is 5.44. The maximum absolute atomic E-state index is 12.8. The van der Waals surface area contributed by atoms with Crippen LogP contribution in [0, 0.1) is 5.92 Å². The van der Waals surface area contributed by atoms with Crippen molar-refractivity contribution in [1.29, 1.82) is 0 Å². The number of hydrogen-bond donors (Lipinski definition) is 1. The Morgan fingerprint density at radius 1 is 1.03 bits per heavy atom. The van der Waals surface area contributed by atoms with E-state index in [1.807, 2.05) is 30.3 Å². The van der Waals surface area contributed by atoms with E-state index in [0.717, 1.165) is 12.0 Å². The molecule has 2 aromatic rings. The molecule has 1 amide bonds. The maximum atomic E-state index is 12.8. The summed E-state index contributed by atoms with van der Waals surface area (Å²) in [5, 5.41) is 3.09. The van der Waals surface area contributed by atoms with Crippen molar-refractivity contribution in [2.45, 2.75) is 31.2 Å². The van der Waals surface area contributed by atoms with Gasteiger partial charge in [0.2, 0.25) is 10.0 Å². The van der Waals surface area contributed by atoms with Gasteiger partial charge in [-0.05, 0) is 42.2 Å². The Hall–Kier alpha value is -2.22. The molecule has 156 valence electrons. The summed E-state index contributed by atoms with van der Waals surface area (Å²) in [6, 6.07) is 15.9. The lowest BCUT2D eigenvalue weighted by molar-refractivity contribution is 0.0730. The van der Waals surface area contributed by atoms with E-state index in [-0.39, 0.29) is 16.8 Å². The summed E-state index contributed by atoms with van der Waals surface area (Å²) in [5.41, 5.74) is 1.50. The number of benzene rings is 2. The van der Waals surface area contributed by atoms with Gasteiger partial charge in [-0.3, -0.25) is 4.79 Å². The van der Waals surface area contributed by atoms with Gasteiger partial charge in [0, 0.05) is 18.7 Å². The lowest BCUT2D eigenvalue weighted by Crippen LogP contribution is -2.40. The second kappa shape index (κ2) is 9.52. The van der Waals surface area contributed by atoms with E-state index < -0.39 is 10.0 Å². The second-order valence-corrected chi connectivity index (χ2v) is 9.55. The van der Waals surface area contributed by atoms with E-state index in [9.17, 15) is 13.2 Å². The highest BCUT2D eigenvalue weighted by molar-refractivity contribution is 7.89. The van der Waals surface area contributed by atoms with Crippen LogP contribution in [0.4, 0.5) is 0 Å². The molecule has 29 heavy (non-hydrogen) atoms. The fourth-order valence-corrected chi connectivity index (χ4v) is 4.80. The Bertz CT molecular complexity index is 906. The van der Waals surface area contributed by atoms with Crippen LogP contribution in [0.2, 0.25) is 0 Å². The number of carbonyl (C=O) groups is 1. The van der Waals surface area contributed by atoms with Crippen LogP contribution in [-0.4, -0.2) is 44.9 Å². The van der Waals surface area contributed by atoms with Crippen molar-refractivity contribution in [1.82, 2.24) is 9.62 Å². The number of ether oxygens (including phenoxy) is 1. The number of nitrogens with one attached hydrogen (secondary N) is 1. The zero-order valence-electron chi connectivity index (χ0n) is 16.9.